The Balaban J connectivity index is 0. The van der Waals surface area contributed by atoms with Crippen LogP contribution in [0, 0.1) is 0 Å². The van der Waals surface area contributed by atoms with E-state index < -0.39 is 17.9 Å². The van der Waals surface area contributed by atoms with Crippen molar-refractivity contribution in [2.75, 3.05) is 0 Å². The Kier molecular flexibility index (Phi) is 27.9. The molecule has 0 aliphatic heterocycles. The highest BCUT2D eigenvalue weighted by molar-refractivity contribution is 5.67. The Morgan fingerprint density at radius 3 is 0.750 bits per heavy atom. The first-order valence-electron chi connectivity index (χ1n) is 13.1. The zero-order valence-electron chi connectivity index (χ0n) is 20.6. The van der Waals surface area contributed by atoms with Crippen LogP contribution in [0.5, 0.6) is 0 Å². The maximum absolute atomic E-state index is 10.3. The molecule has 0 unspecified atom stereocenters. The van der Waals surface area contributed by atoms with Gasteiger partial charge in [0.05, 0.1) is 0 Å². The molecule has 0 radical (unpaired) electrons. The van der Waals surface area contributed by atoms with Gasteiger partial charge in [-0.05, 0) is 19.3 Å². The average molecular weight is 459 g/mol. The number of unbranched alkanes of at least 4 members (excludes halogenated alkanes) is 17. The third-order valence-electron chi connectivity index (χ3n) is 5.53. The molecule has 0 saturated heterocycles. The van der Waals surface area contributed by atoms with Gasteiger partial charge in [-0.3, -0.25) is 14.4 Å². The van der Waals surface area contributed by atoms with Gasteiger partial charge in [0.1, 0.15) is 0 Å². The molecular formula is C26H50O6. The Hall–Kier alpha value is -1.59. The van der Waals surface area contributed by atoms with E-state index in [1.165, 1.54) is 83.5 Å². The smallest absolute Gasteiger partial charge is 0.303 e. The molecule has 0 spiro atoms. The predicted octanol–water partition coefficient (Wildman–Crippen LogP) is 7.83. The number of carboxylic acids is 3. The predicted molar refractivity (Wildman–Crippen MR) is 130 cm³/mol. The molecule has 190 valence electrons. The van der Waals surface area contributed by atoms with Crippen LogP contribution >= 0.6 is 0 Å². The summed E-state index contributed by atoms with van der Waals surface area (Å²) in [5.74, 6) is -2.22. The molecule has 0 aromatic carbocycles. The van der Waals surface area contributed by atoms with Crippen LogP contribution in [0.1, 0.15) is 148 Å². The molecule has 0 fully saturated rings. The van der Waals surface area contributed by atoms with E-state index in [-0.39, 0.29) is 12.8 Å². The first-order valence-corrected chi connectivity index (χ1v) is 13.1. The lowest BCUT2D eigenvalue weighted by atomic mass is 10.0. The van der Waals surface area contributed by atoms with E-state index in [0.29, 0.717) is 19.3 Å². The minimum absolute atomic E-state index is 0.188. The lowest BCUT2D eigenvalue weighted by Gasteiger charge is -2.03. The van der Waals surface area contributed by atoms with Crippen LogP contribution < -0.4 is 0 Å². The van der Waals surface area contributed by atoms with Crippen molar-refractivity contribution in [1.82, 2.24) is 0 Å². The topological polar surface area (TPSA) is 112 Å². The SMILES string of the molecule is CCCCCCCCCCCCCCCCCC(=O)O.O=C(O)CCCCCCC(=O)O. The quantitative estimate of drug-likeness (QED) is 0.134. The molecule has 3 N–H and O–H groups in total. The van der Waals surface area contributed by atoms with Gasteiger partial charge in [-0.2, -0.15) is 0 Å². The lowest BCUT2D eigenvalue weighted by Crippen LogP contribution is -1.95. The number of hydrogen-bond acceptors (Lipinski definition) is 3. The molecule has 0 aliphatic carbocycles. The highest BCUT2D eigenvalue weighted by Gasteiger charge is 1.99. The summed E-state index contributed by atoms with van der Waals surface area (Å²) in [5.41, 5.74) is 0. The fraction of sp³-hybridized carbons (Fsp3) is 0.885. The van der Waals surface area contributed by atoms with E-state index in [0.717, 1.165) is 25.7 Å². The van der Waals surface area contributed by atoms with Crippen molar-refractivity contribution in [2.45, 2.75) is 148 Å². The maximum atomic E-state index is 10.3. The third-order valence-corrected chi connectivity index (χ3v) is 5.53. The van der Waals surface area contributed by atoms with E-state index in [1.807, 2.05) is 0 Å². The van der Waals surface area contributed by atoms with E-state index in [1.54, 1.807) is 0 Å². The summed E-state index contributed by atoms with van der Waals surface area (Å²) >= 11 is 0. The molecule has 0 saturated carbocycles. The molecule has 6 heteroatoms. The van der Waals surface area contributed by atoms with Gasteiger partial charge < -0.3 is 15.3 Å². The summed E-state index contributed by atoms with van der Waals surface area (Å²) in [4.78, 5) is 30.4. The van der Waals surface area contributed by atoms with Crippen molar-refractivity contribution >= 4 is 17.9 Å². The van der Waals surface area contributed by atoms with E-state index >= 15 is 0 Å². The summed E-state index contributed by atoms with van der Waals surface area (Å²) in [7, 11) is 0. The second-order valence-corrected chi connectivity index (χ2v) is 8.80. The van der Waals surface area contributed by atoms with Crippen molar-refractivity contribution in [2.24, 2.45) is 0 Å². The summed E-state index contributed by atoms with van der Waals surface area (Å²) in [6.07, 6.45) is 23.5. The summed E-state index contributed by atoms with van der Waals surface area (Å²) in [5, 5.41) is 25.0. The highest BCUT2D eigenvalue weighted by atomic mass is 16.4. The van der Waals surface area contributed by atoms with E-state index in [2.05, 4.69) is 6.92 Å². The molecule has 0 amide bonds. The molecule has 0 aromatic heterocycles. The van der Waals surface area contributed by atoms with Crippen LogP contribution in [0.4, 0.5) is 0 Å². The normalized spacial score (nSPS) is 10.4. The van der Waals surface area contributed by atoms with Crippen molar-refractivity contribution in [3.8, 4) is 0 Å². The maximum Gasteiger partial charge on any atom is 0.303 e. The Morgan fingerprint density at radius 1 is 0.375 bits per heavy atom. The van der Waals surface area contributed by atoms with Crippen LogP contribution in [0.3, 0.4) is 0 Å². The fourth-order valence-corrected chi connectivity index (χ4v) is 3.55. The first-order chi connectivity index (χ1) is 15.4. The number of rotatable bonds is 23. The second-order valence-electron chi connectivity index (χ2n) is 8.80. The number of hydrogen-bond donors (Lipinski definition) is 3. The Labute approximate surface area is 196 Å². The van der Waals surface area contributed by atoms with Gasteiger partial charge in [0.2, 0.25) is 0 Å². The van der Waals surface area contributed by atoms with Crippen LogP contribution in [0.15, 0.2) is 0 Å². The fourth-order valence-electron chi connectivity index (χ4n) is 3.55. The van der Waals surface area contributed by atoms with Crippen LogP contribution in [-0.2, 0) is 14.4 Å². The van der Waals surface area contributed by atoms with Crippen molar-refractivity contribution in [1.29, 1.82) is 0 Å². The highest BCUT2D eigenvalue weighted by Crippen LogP contribution is 2.13. The number of carbonyl (C=O) groups is 3. The molecule has 0 rings (SSSR count). The van der Waals surface area contributed by atoms with Crippen molar-refractivity contribution in [3.05, 3.63) is 0 Å². The van der Waals surface area contributed by atoms with E-state index in [9.17, 15) is 14.4 Å². The van der Waals surface area contributed by atoms with Gasteiger partial charge in [-0.15, -0.1) is 0 Å². The van der Waals surface area contributed by atoms with Crippen LogP contribution in [-0.4, -0.2) is 33.2 Å². The minimum Gasteiger partial charge on any atom is -0.481 e. The molecule has 0 atom stereocenters. The molecular weight excluding hydrogens is 408 g/mol. The van der Waals surface area contributed by atoms with Gasteiger partial charge in [-0.1, -0.05) is 110 Å². The van der Waals surface area contributed by atoms with Gasteiger partial charge in [-0.25, -0.2) is 0 Å². The average Bonchev–Trinajstić information content (AvgIpc) is 2.73. The molecule has 0 bridgehead atoms. The van der Waals surface area contributed by atoms with Gasteiger partial charge in [0, 0.05) is 19.3 Å². The van der Waals surface area contributed by atoms with Gasteiger partial charge in [0.15, 0.2) is 0 Å². The first kappa shape index (κ1) is 32.6. The molecule has 0 aliphatic rings. The standard InChI is InChI=1S/C18H36O2.C8H14O4/c1-2-3-4-5-6-7-8-9-10-11-12-13-14-15-16-17-18(19)20;9-7(10)5-3-1-2-4-6-8(11)12/h2-17H2,1H3,(H,19,20);1-6H2,(H,9,10)(H,11,12). The van der Waals surface area contributed by atoms with Gasteiger partial charge in [0.25, 0.3) is 0 Å². The van der Waals surface area contributed by atoms with Crippen LogP contribution in [0.2, 0.25) is 0 Å². The Bertz CT molecular complexity index is 418. The third kappa shape index (κ3) is 35.8. The zero-order chi connectivity index (χ0) is 24.3. The van der Waals surface area contributed by atoms with Crippen molar-refractivity contribution in [3.63, 3.8) is 0 Å². The largest absolute Gasteiger partial charge is 0.481 e. The summed E-state index contributed by atoms with van der Waals surface area (Å²) < 4.78 is 0. The van der Waals surface area contributed by atoms with E-state index in [4.69, 9.17) is 15.3 Å². The molecule has 32 heavy (non-hydrogen) atoms. The van der Waals surface area contributed by atoms with Crippen molar-refractivity contribution < 1.29 is 29.7 Å². The second kappa shape index (κ2) is 27.4. The summed E-state index contributed by atoms with van der Waals surface area (Å²) in [6, 6.07) is 0. The molecule has 6 nitrogen and oxygen atoms in total. The minimum atomic E-state index is -0.784. The molecule has 0 heterocycles. The number of carboxylic acid groups (broad SMARTS) is 3. The lowest BCUT2D eigenvalue weighted by molar-refractivity contribution is -0.138. The zero-order valence-corrected chi connectivity index (χ0v) is 20.6. The number of aliphatic carboxylic acids is 3. The van der Waals surface area contributed by atoms with Crippen LogP contribution in [0.25, 0.3) is 0 Å². The monoisotopic (exact) mass is 458 g/mol. The van der Waals surface area contributed by atoms with Gasteiger partial charge >= 0.3 is 17.9 Å². The Morgan fingerprint density at radius 2 is 0.562 bits per heavy atom. The molecule has 0 aromatic rings. The summed E-state index contributed by atoms with van der Waals surface area (Å²) in [6.45, 7) is 2.27.